The summed E-state index contributed by atoms with van der Waals surface area (Å²) in [6.07, 6.45) is 2.49. The third kappa shape index (κ3) is 2.60. The zero-order chi connectivity index (χ0) is 13.2. The number of carbonyl (C=O) groups excluding carboxylic acids is 1. The number of halogens is 1. The Morgan fingerprint density at radius 3 is 2.78 bits per heavy atom. The number of nitrogens with one attached hydrogen (secondary N) is 1. The minimum absolute atomic E-state index is 0.144. The second-order valence-electron chi connectivity index (χ2n) is 4.54. The van der Waals surface area contributed by atoms with Crippen LogP contribution in [0.15, 0.2) is 18.2 Å². The van der Waals surface area contributed by atoms with Gasteiger partial charge in [0.15, 0.2) is 0 Å². The van der Waals surface area contributed by atoms with Crippen molar-refractivity contribution in [1.29, 1.82) is 0 Å². The summed E-state index contributed by atoms with van der Waals surface area (Å²) in [6, 6.07) is 5.18. The van der Waals surface area contributed by atoms with Crippen LogP contribution in [0, 0.1) is 0 Å². The largest absolute Gasteiger partial charge is 0.492 e. The third-order valence-electron chi connectivity index (χ3n) is 3.19. The molecule has 3 N–H and O–H groups in total. The molecule has 1 fully saturated rings. The van der Waals surface area contributed by atoms with Crippen molar-refractivity contribution in [2.75, 3.05) is 11.9 Å². The van der Waals surface area contributed by atoms with Crippen LogP contribution < -0.4 is 15.8 Å². The average Bonchev–Trinajstić information content (AvgIpc) is 2.29. The van der Waals surface area contributed by atoms with Crippen molar-refractivity contribution in [2.24, 2.45) is 5.73 Å². The number of rotatable bonds is 4. The van der Waals surface area contributed by atoms with Crippen LogP contribution in [-0.4, -0.2) is 18.1 Å². The smallest absolute Gasteiger partial charge is 0.244 e. The van der Waals surface area contributed by atoms with Crippen LogP contribution in [0.3, 0.4) is 0 Å². The molecule has 0 heterocycles. The highest BCUT2D eigenvalue weighted by Gasteiger charge is 2.40. The fourth-order valence-electron chi connectivity index (χ4n) is 1.89. The monoisotopic (exact) mass is 268 g/mol. The standard InChI is InChI=1S/C13H17ClN2O2/c1-2-18-11-5-4-9(8-10(11)14)16-12(17)13(15)6-3-7-13/h4-5,8H,2-3,6-7,15H2,1H3,(H,16,17). The number of nitrogens with two attached hydrogens (primary N) is 1. The van der Waals surface area contributed by atoms with Crippen molar-refractivity contribution in [3.63, 3.8) is 0 Å². The van der Waals surface area contributed by atoms with E-state index in [2.05, 4.69) is 5.32 Å². The first-order chi connectivity index (χ1) is 8.55. The Kier molecular flexibility index (Phi) is 3.78. The van der Waals surface area contributed by atoms with Gasteiger partial charge in [-0.1, -0.05) is 11.6 Å². The van der Waals surface area contributed by atoms with E-state index >= 15 is 0 Å². The Balaban J connectivity index is 2.06. The Morgan fingerprint density at radius 1 is 1.56 bits per heavy atom. The summed E-state index contributed by atoms with van der Waals surface area (Å²) >= 11 is 6.05. The molecule has 0 aliphatic heterocycles. The van der Waals surface area contributed by atoms with Crippen molar-refractivity contribution in [1.82, 2.24) is 0 Å². The molecule has 0 aromatic heterocycles. The van der Waals surface area contributed by atoms with Gasteiger partial charge in [0.25, 0.3) is 0 Å². The summed E-state index contributed by atoms with van der Waals surface area (Å²) in [5.74, 6) is 0.470. The van der Waals surface area contributed by atoms with Crippen molar-refractivity contribution in [2.45, 2.75) is 31.7 Å². The van der Waals surface area contributed by atoms with Gasteiger partial charge in [-0.2, -0.15) is 0 Å². The minimum atomic E-state index is -0.703. The maximum absolute atomic E-state index is 11.9. The highest BCUT2D eigenvalue weighted by atomic mass is 35.5. The predicted octanol–water partition coefficient (Wildman–Crippen LogP) is 2.56. The molecule has 0 atom stereocenters. The van der Waals surface area contributed by atoms with Gasteiger partial charge in [-0.25, -0.2) is 0 Å². The first-order valence-electron chi connectivity index (χ1n) is 6.08. The van der Waals surface area contributed by atoms with Gasteiger partial charge >= 0.3 is 0 Å². The number of carbonyl (C=O) groups is 1. The van der Waals surface area contributed by atoms with Crippen LogP contribution in [0.4, 0.5) is 5.69 Å². The quantitative estimate of drug-likeness (QED) is 0.882. The molecule has 0 bridgehead atoms. The summed E-state index contributed by atoms with van der Waals surface area (Å²) in [5, 5.41) is 3.27. The molecule has 1 aliphatic rings. The van der Waals surface area contributed by atoms with E-state index < -0.39 is 5.54 Å². The lowest BCUT2D eigenvalue weighted by molar-refractivity contribution is -0.123. The van der Waals surface area contributed by atoms with Gasteiger partial charge in [-0.05, 0) is 44.4 Å². The van der Waals surface area contributed by atoms with Gasteiger partial charge < -0.3 is 15.8 Å². The normalized spacial score (nSPS) is 16.8. The second-order valence-corrected chi connectivity index (χ2v) is 4.95. The number of benzene rings is 1. The maximum Gasteiger partial charge on any atom is 0.244 e. The zero-order valence-corrected chi connectivity index (χ0v) is 11.1. The molecule has 1 aromatic carbocycles. The minimum Gasteiger partial charge on any atom is -0.492 e. The SMILES string of the molecule is CCOc1ccc(NC(=O)C2(N)CCC2)cc1Cl. The molecule has 98 valence electrons. The fourth-order valence-corrected chi connectivity index (χ4v) is 2.13. The molecule has 0 radical (unpaired) electrons. The number of ether oxygens (including phenoxy) is 1. The molecule has 0 unspecified atom stereocenters. The molecule has 4 nitrogen and oxygen atoms in total. The Bertz CT molecular complexity index is 458. The van der Waals surface area contributed by atoms with E-state index in [1.165, 1.54) is 0 Å². The van der Waals surface area contributed by atoms with E-state index in [1.54, 1.807) is 18.2 Å². The summed E-state index contributed by atoms with van der Waals surface area (Å²) in [5.41, 5.74) is 5.88. The Hall–Kier alpha value is -1.26. The number of amides is 1. The van der Waals surface area contributed by atoms with Gasteiger partial charge in [0.1, 0.15) is 5.75 Å². The molecule has 5 heteroatoms. The van der Waals surface area contributed by atoms with E-state index in [4.69, 9.17) is 22.1 Å². The van der Waals surface area contributed by atoms with E-state index in [1.807, 2.05) is 6.92 Å². The summed E-state index contributed by atoms with van der Waals surface area (Å²) in [7, 11) is 0. The fraction of sp³-hybridized carbons (Fsp3) is 0.462. The van der Waals surface area contributed by atoms with E-state index in [0.717, 1.165) is 19.3 Å². The average molecular weight is 269 g/mol. The van der Waals surface area contributed by atoms with Crippen LogP contribution in [0.1, 0.15) is 26.2 Å². The molecular formula is C13H17ClN2O2. The topological polar surface area (TPSA) is 64.3 Å². The zero-order valence-electron chi connectivity index (χ0n) is 10.3. The van der Waals surface area contributed by atoms with Gasteiger partial charge in [0.2, 0.25) is 5.91 Å². The van der Waals surface area contributed by atoms with E-state index in [0.29, 0.717) is 23.1 Å². The number of anilines is 1. The molecular weight excluding hydrogens is 252 g/mol. The molecule has 1 aromatic rings. The second kappa shape index (κ2) is 5.16. The van der Waals surface area contributed by atoms with Crippen molar-refractivity contribution in [3.05, 3.63) is 23.2 Å². The molecule has 0 spiro atoms. The van der Waals surface area contributed by atoms with Crippen LogP contribution in [-0.2, 0) is 4.79 Å². The van der Waals surface area contributed by atoms with Gasteiger partial charge in [-0.3, -0.25) is 4.79 Å². The lowest BCUT2D eigenvalue weighted by Gasteiger charge is -2.36. The Labute approximate surface area is 111 Å². The van der Waals surface area contributed by atoms with Crippen molar-refractivity contribution < 1.29 is 9.53 Å². The Morgan fingerprint density at radius 2 is 2.28 bits per heavy atom. The summed E-state index contributed by atoms with van der Waals surface area (Å²) in [4.78, 5) is 11.9. The third-order valence-corrected chi connectivity index (χ3v) is 3.48. The van der Waals surface area contributed by atoms with Crippen molar-refractivity contribution >= 4 is 23.2 Å². The predicted molar refractivity (Wildman–Crippen MR) is 72.0 cm³/mol. The van der Waals surface area contributed by atoms with Crippen LogP contribution >= 0.6 is 11.6 Å². The van der Waals surface area contributed by atoms with Crippen LogP contribution in [0.25, 0.3) is 0 Å². The van der Waals surface area contributed by atoms with Gasteiger partial charge in [0.05, 0.1) is 17.2 Å². The molecule has 0 saturated heterocycles. The number of hydrogen-bond donors (Lipinski definition) is 2. The summed E-state index contributed by atoms with van der Waals surface area (Å²) in [6.45, 7) is 2.44. The highest BCUT2D eigenvalue weighted by Crippen LogP contribution is 2.32. The number of hydrogen-bond acceptors (Lipinski definition) is 3. The van der Waals surface area contributed by atoms with Crippen molar-refractivity contribution in [3.8, 4) is 5.75 Å². The molecule has 1 amide bonds. The highest BCUT2D eigenvalue weighted by molar-refractivity contribution is 6.32. The lowest BCUT2D eigenvalue weighted by Crippen LogP contribution is -2.56. The molecule has 1 saturated carbocycles. The van der Waals surface area contributed by atoms with Gasteiger partial charge in [0, 0.05) is 5.69 Å². The first kappa shape index (κ1) is 13.2. The molecule has 2 rings (SSSR count). The van der Waals surface area contributed by atoms with Crippen LogP contribution in [0.5, 0.6) is 5.75 Å². The van der Waals surface area contributed by atoms with Crippen LogP contribution in [0.2, 0.25) is 5.02 Å². The molecule has 18 heavy (non-hydrogen) atoms. The summed E-state index contributed by atoms with van der Waals surface area (Å²) < 4.78 is 5.33. The van der Waals surface area contributed by atoms with E-state index in [9.17, 15) is 4.79 Å². The maximum atomic E-state index is 11.9. The first-order valence-corrected chi connectivity index (χ1v) is 6.45. The molecule has 1 aliphatic carbocycles. The lowest BCUT2D eigenvalue weighted by atomic mass is 9.77. The van der Waals surface area contributed by atoms with E-state index in [-0.39, 0.29) is 5.91 Å². The van der Waals surface area contributed by atoms with Gasteiger partial charge in [-0.15, -0.1) is 0 Å².